The fourth-order valence-electron chi connectivity index (χ4n) is 1.76. The number of nitrogens with one attached hydrogen (secondary N) is 1. The molecule has 112 valence electrons. The molecule has 1 unspecified atom stereocenters. The van der Waals surface area contributed by atoms with Crippen LogP contribution in [0.25, 0.3) is 0 Å². The zero-order valence-corrected chi connectivity index (χ0v) is 13.0. The van der Waals surface area contributed by atoms with Crippen LogP contribution in [0, 0.1) is 0 Å². The quantitative estimate of drug-likeness (QED) is 0.839. The minimum absolute atomic E-state index is 0.126. The highest BCUT2D eigenvalue weighted by atomic mass is 32.9. The summed E-state index contributed by atoms with van der Waals surface area (Å²) >= 11 is 6.63. The van der Waals surface area contributed by atoms with Gasteiger partial charge in [0.05, 0.1) is 7.11 Å². The molecule has 1 aliphatic heterocycles. The second-order valence-corrected chi connectivity index (χ2v) is 11.0. The van der Waals surface area contributed by atoms with Gasteiger partial charge >= 0.3 is 6.18 Å². The highest BCUT2D eigenvalue weighted by molar-refractivity contribution is 8.73. The summed E-state index contributed by atoms with van der Waals surface area (Å²) in [6.45, 7) is 0. The third kappa shape index (κ3) is 2.51. The van der Waals surface area contributed by atoms with Crippen LogP contribution in [0.3, 0.4) is 0 Å². The molecule has 0 amide bonds. The molecule has 0 spiro atoms. The van der Waals surface area contributed by atoms with E-state index in [1.54, 1.807) is 24.3 Å². The summed E-state index contributed by atoms with van der Waals surface area (Å²) < 4.78 is 44.3. The second kappa shape index (κ2) is 4.89. The number of nitrogens with zero attached hydrogens (tertiary/aromatic N) is 3. The average molecular weight is 352 g/mol. The predicted octanol–water partition coefficient (Wildman–Crippen LogP) is 2.59. The number of fused-ring (bicyclic) bond motifs is 1. The van der Waals surface area contributed by atoms with Crippen LogP contribution < -0.4 is 15.2 Å². The Balaban J connectivity index is 1.95. The summed E-state index contributed by atoms with van der Waals surface area (Å²) in [6.07, 6.45) is -4.58. The summed E-state index contributed by atoms with van der Waals surface area (Å²) in [4.78, 5) is 0. The lowest BCUT2D eigenvalue weighted by Gasteiger charge is -2.17. The van der Waals surface area contributed by atoms with Gasteiger partial charge in [-0.15, -0.1) is 10.2 Å². The third-order valence-electron chi connectivity index (χ3n) is 2.74. The fourth-order valence-corrected chi connectivity index (χ4v) is 6.91. The maximum Gasteiger partial charge on any atom is 0.453 e. The van der Waals surface area contributed by atoms with Crippen LogP contribution >= 0.6 is 16.8 Å². The van der Waals surface area contributed by atoms with Gasteiger partial charge in [0.15, 0.2) is 0 Å². The van der Waals surface area contributed by atoms with Gasteiger partial charge in [0, 0.05) is 5.30 Å². The van der Waals surface area contributed by atoms with Crippen molar-refractivity contribution in [3.05, 3.63) is 30.1 Å². The monoisotopic (exact) mass is 352 g/mol. The number of ether oxygens (including phenoxy) is 1. The molecule has 0 saturated heterocycles. The molecule has 1 aromatic heterocycles. The lowest BCUT2D eigenvalue weighted by atomic mass is 10.3. The molecule has 1 N–H and O–H groups in total. The van der Waals surface area contributed by atoms with Gasteiger partial charge in [-0.05, 0) is 35.6 Å². The molecule has 0 fully saturated rings. The van der Waals surface area contributed by atoms with Gasteiger partial charge in [0.2, 0.25) is 5.16 Å². The van der Waals surface area contributed by atoms with E-state index in [9.17, 15) is 13.2 Å². The van der Waals surface area contributed by atoms with Crippen LogP contribution in [0.2, 0.25) is 0 Å². The van der Waals surface area contributed by atoms with E-state index in [-0.39, 0.29) is 5.16 Å². The van der Waals surface area contributed by atoms with Gasteiger partial charge in [-0.2, -0.15) is 13.2 Å². The first-order valence-corrected chi connectivity index (χ1v) is 9.81. The Kier molecular flexibility index (Phi) is 3.42. The van der Waals surface area contributed by atoms with Crippen LogP contribution in [-0.2, 0) is 18.0 Å². The molecule has 1 aliphatic rings. The van der Waals surface area contributed by atoms with Crippen molar-refractivity contribution in [3.8, 4) is 5.75 Å². The molecule has 0 bridgehead atoms. The standard InChI is InChI=1S/C10H8F3N4OPS2/c1-18-6-2-4-7(5-3-6)19(20)16-17-8(10(11,12)13)14-15-9(17)21-19/h2-5H,1H3,(H,16,20). The predicted molar refractivity (Wildman–Crippen MR) is 77.2 cm³/mol. The topological polar surface area (TPSA) is 52.0 Å². The van der Waals surface area contributed by atoms with Gasteiger partial charge in [-0.25, -0.2) is 4.68 Å². The zero-order chi connectivity index (χ0) is 15.3. The van der Waals surface area contributed by atoms with Gasteiger partial charge in [-0.3, -0.25) is 5.20 Å². The molecule has 1 aromatic carbocycles. The zero-order valence-electron chi connectivity index (χ0n) is 10.5. The summed E-state index contributed by atoms with van der Waals surface area (Å²) in [7, 11) is 1.53. The summed E-state index contributed by atoms with van der Waals surface area (Å²) in [5, 5.41) is 7.82. The Morgan fingerprint density at radius 3 is 2.52 bits per heavy atom. The van der Waals surface area contributed by atoms with Crippen LogP contribution in [0.1, 0.15) is 5.82 Å². The molecule has 0 aliphatic carbocycles. The number of halogens is 3. The van der Waals surface area contributed by atoms with Crippen LogP contribution in [0.15, 0.2) is 29.4 Å². The van der Waals surface area contributed by atoms with Crippen molar-refractivity contribution in [2.24, 2.45) is 0 Å². The fraction of sp³-hybridized carbons (Fsp3) is 0.200. The highest BCUT2D eigenvalue weighted by Crippen LogP contribution is 2.63. The number of methoxy groups -OCH3 is 1. The lowest BCUT2D eigenvalue weighted by molar-refractivity contribution is -0.146. The Labute approximate surface area is 126 Å². The van der Waals surface area contributed by atoms with Crippen molar-refractivity contribution < 1.29 is 17.9 Å². The Morgan fingerprint density at radius 1 is 1.29 bits per heavy atom. The lowest BCUT2D eigenvalue weighted by Crippen LogP contribution is -2.20. The Morgan fingerprint density at radius 2 is 1.95 bits per heavy atom. The first kappa shape index (κ1) is 14.7. The van der Waals surface area contributed by atoms with Gasteiger partial charge < -0.3 is 4.74 Å². The largest absolute Gasteiger partial charge is 0.497 e. The maximum absolute atomic E-state index is 12.8. The van der Waals surface area contributed by atoms with Crippen LogP contribution in [0.5, 0.6) is 5.75 Å². The molecule has 2 aromatic rings. The van der Waals surface area contributed by atoms with Crippen LogP contribution in [0.4, 0.5) is 13.2 Å². The number of hydrogen-bond donors (Lipinski definition) is 1. The molecule has 21 heavy (non-hydrogen) atoms. The number of hydrogen-bond acceptors (Lipinski definition) is 5. The Bertz CT molecular complexity index is 731. The second-order valence-electron chi connectivity index (χ2n) is 4.08. The SMILES string of the molecule is COc1ccc(P2(=S)Nn3c(nnc3C(F)(F)F)S2)cc1. The molecular weight excluding hydrogens is 344 g/mol. The van der Waals surface area contributed by atoms with Crippen LogP contribution in [-0.4, -0.2) is 22.0 Å². The first-order chi connectivity index (χ1) is 9.83. The van der Waals surface area contributed by atoms with E-state index < -0.39 is 17.4 Å². The van der Waals surface area contributed by atoms with E-state index >= 15 is 0 Å². The van der Waals surface area contributed by atoms with E-state index in [2.05, 4.69) is 15.4 Å². The highest BCUT2D eigenvalue weighted by Gasteiger charge is 2.43. The van der Waals surface area contributed by atoms with Crippen molar-refractivity contribution in [2.75, 3.05) is 12.3 Å². The summed E-state index contributed by atoms with van der Waals surface area (Å²) in [6, 6.07) is 6.92. The molecule has 3 rings (SSSR count). The average Bonchev–Trinajstić information content (AvgIpc) is 2.95. The molecule has 0 radical (unpaired) electrons. The van der Waals surface area contributed by atoms with Crippen molar-refractivity contribution >= 4 is 33.9 Å². The van der Waals surface area contributed by atoms with Gasteiger partial charge in [-0.1, -0.05) is 11.8 Å². The maximum atomic E-state index is 12.8. The van der Waals surface area contributed by atoms with Crippen molar-refractivity contribution in [2.45, 2.75) is 11.3 Å². The smallest absolute Gasteiger partial charge is 0.453 e. The van der Waals surface area contributed by atoms with E-state index in [1.165, 1.54) is 7.11 Å². The molecule has 1 atom stereocenters. The first-order valence-electron chi connectivity index (χ1n) is 5.59. The van der Waals surface area contributed by atoms with E-state index in [0.717, 1.165) is 21.4 Å². The normalized spacial score (nSPS) is 21.0. The number of aromatic nitrogens is 3. The number of rotatable bonds is 2. The number of alkyl halides is 3. The Hall–Kier alpha value is -1.25. The summed E-state index contributed by atoms with van der Waals surface area (Å²) in [5.74, 6) is -0.440. The molecular formula is C10H8F3N4OPS2. The van der Waals surface area contributed by atoms with Crippen molar-refractivity contribution in [1.29, 1.82) is 0 Å². The van der Waals surface area contributed by atoms with Gasteiger partial charge in [0.25, 0.3) is 5.82 Å². The minimum Gasteiger partial charge on any atom is -0.497 e. The molecule has 5 nitrogen and oxygen atoms in total. The third-order valence-corrected chi connectivity index (χ3v) is 8.55. The molecule has 11 heteroatoms. The molecule has 0 saturated carbocycles. The van der Waals surface area contributed by atoms with E-state index in [1.807, 2.05) is 0 Å². The molecule has 2 heterocycles. The van der Waals surface area contributed by atoms with Crippen molar-refractivity contribution in [3.63, 3.8) is 0 Å². The van der Waals surface area contributed by atoms with E-state index in [0.29, 0.717) is 5.75 Å². The van der Waals surface area contributed by atoms with Gasteiger partial charge in [0.1, 0.15) is 11.1 Å². The minimum atomic E-state index is -4.58. The van der Waals surface area contributed by atoms with E-state index in [4.69, 9.17) is 16.5 Å². The van der Waals surface area contributed by atoms with Crippen molar-refractivity contribution in [1.82, 2.24) is 14.9 Å². The number of benzene rings is 1. The summed E-state index contributed by atoms with van der Waals surface area (Å²) in [5.41, 5.74) is 0.